The molecule has 0 bridgehead atoms. The summed E-state index contributed by atoms with van der Waals surface area (Å²) >= 11 is 5.85. The van der Waals surface area contributed by atoms with Gasteiger partial charge in [0.05, 0.1) is 13.2 Å². The minimum atomic E-state index is 0.535. The maximum absolute atomic E-state index is 5.85. The van der Waals surface area contributed by atoms with Crippen LogP contribution in [0.25, 0.3) is 0 Å². The Labute approximate surface area is 108 Å². The Morgan fingerprint density at radius 3 is 2.76 bits per heavy atom. The molecule has 0 aliphatic heterocycles. The summed E-state index contributed by atoms with van der Waals surface area (Å²) in [5.74, 6) is 0.535. The van der Waals surface area contributed by atoms with Gasteiger partial charge in [0.25, 0.3) is 0 Å². The van der Waals surface area contributed by atoms with Crippen LogP contribution in [0.2, 0.25) is 0 Å². The molecule has 4 heteroatoms. The maximum atomic E-state index is 5.85. The molecule has 0 atom stereocenters. The number of alkyl halides is 1. The lowest BCUT2D eigenvalue weighted by atomic mass is 10.2. The van der Waals surface area contributed by atoms with Crippen LogP contribution in [0.15, 0.2) is 24.3 Å². The van der Waals surface area contributed by atoms with Crippen molar-refractivity contribution in [2.24, 2.45) is 0 Å². The monoisotopic (exact) mass is 257 g/mol. The summed E-state index contributed by atoms with van der Waals surface area (Å²) in [4.78, 5) is 0. The SMILES string of the molecule is COCCOCCCNc1ccccc1CCl. The first kappa shape index (κ1) is 14.3. The zero-order valence-electron chi connectivity index (χ0n) is 10.2. The number of rotatable bonds is 9. The van der Waals surface area contributed by atoms with E-state index in [0.717, 1.165) is 30.8 Å². The first-order chi connectivity index (χ1) is 8.38. The summed E-state index contributed by atoms with van der Waals surface area (Å²) in [6, 6.07) is 8.08. The third-order valence-corrected chi connectivity index (χ3v) is 2.66. The van der Waals surface area contributed by atoms with Crippen molar-refractivity contribution in [2.45, 2.75) is 12.3 Å². The number of halogens is 1. The molecule has 0 heterocycles. The fourth-order valence-electron chi connectivity index (χ4n) is 1.45. The second kappa shape index (κ2) is 9.28. The van der Waals surface area contributed by atoms with Gasteiger partial charge in [0, 0.05) is 31.8 Å². The Kier molecular flexibility index (Phi) is 7.80. The predicted molar refractivity (Wildman–Crippen MR) is 71.8 cm³/mol. The van der Waals surface area contributed by atoms with Gasteiger partial charge < -0.3 is 14.8 Å². The van der Waals surface area contributed by atoms with Gasteiger partial charge in [-0.25, -0.2) is 0 Å². The van der Waals surface area contributed by atoms with Crippen LogP contribution in [0.1, 0.15) is 12.0 Å². The summed E-state index contributed by atoms with van der Waals surface area (Å²) in [7, 11) is 1.67. The van der Waals surface area contributed by atoms with Crippen molar-refractivity contribution < 1.29 is 9.47 Å². The molecule has 17 heavy (non-hydrogen) atoms. The second-order valence-electron chi connectivity index (χ2n) is 3.68. The third kappa shape index (κ3) is 5.91. The molecule has 0 aromatic heterocycles. The first-order valence-electron chi connectivity index (χ1n) is 5.83. The number of para-hydroxylation sites is 1. The molecule has 96 valence electrons. The summed E-state index contributed by atoms with van der Waals surface area (Å²) in [5, 5.41) is 3.36. The van der Waals surface area contributed by atoms with Gasteiger partial charge in [-0.3, -0.25) is 0 Å². The second-order valence-corrected chi connectivity index (χ2v) is 3.94. The summed E-state index contributed by atoms with van der Waals surface area (Å²) < 4.78 is 10.3. The molecule has 0 fully saturated rings. The van der Waals surface area contributed by atoms with Gasteiger partial charge in [0.2, 0.25) is 0 Å². The molecule has 1 aromatic carbocycles. The van der Waals surface area contributed by atoms with Gasteiger partial charge in [-0.1, -0.05) is 18.2 Å². The fraction of sp³-hybridized carbons (Fsp3) is 0.538. The van der Waals surface area contributed by atoms with E-state index in [2.05, 4.69) is 5.32 Å². The van der Waals surface area contributed by atoms with Gasteiger partial charge in [0.15, 0.2) is 0 Å². The number of anilines is 1. The molecule has 0 radical (unpaired) electrons. The smallest absolute Gasteiger partial charge is 0.0700 e. The van der Waals surface area contributed by atoms with Gasteiger partial charge in [-0.15, -0.1) is 11.6 Å². The van der Waals surface area contributed by atoms with E-state index in [9.17, 15) is 0 Å². The van der Waals surface area contributed by atoms with Crippen molar-refractivity contribution in [3.63, 3.8) is 0 Å². The molecule has 0 aliphatic carbocycles. The maximum Gasteiger partial charge on any atom is 0.0700 e. The lowest BCUT2D eigenvalue weighted by molar-refractivity contribution is 0.0705. The highest BCUT2D eigenvalue weighted by Gasteiger charge is 1.98. The van der Waals surface area contributed by atoms with Gasteiger partial charge >= 0.3 is 0 Å². The zero-order valence-corrected chi connectivity index (χ0v) is 11.0. The van der Waals surface area contributed by atoms with Crippen molar-refractivity contribution in [1.82, 2.24) is 0 Å². The molecule has 3 nitrogen and oxygen atoms in total. The third-order valence-electron chi connectivity index (χ3n) is 2.37. The van der Waals surface area contributed by atoms with Crippen LogP contribution in [0, 0.1) is 0 Å². The van der Waals surface area contributed by atoms with Crippen LogP contribution in [0.5, 0.6) is 0 Å². The Bertz CT molecular complexity index is 307. The Morgan fingerprint density at radius 2 is 2.00 bits per heavy atom. The lowest BCUT2D eigenvalue weighted by Gasteiger charge is -2.10. The first-order valence-corrected chi connectivity index (χ1v) is 6.36. The van der Waals surface area contributed by atoms with Crippen LogP contribution in [0.3, 0.4) is 0 Å². The van der Waals surface area contributed by atoms with E-state index in [1.807, 2.05) is 24.3 Å². The fourth-order valence-corrected chi connectivity index (χ4v) is 1.68. The van der Waals surface area contributed by atoms with E-state index >= 15 is 0 Å². The van der Waals surface area contributed by atoms with Crippen molar-refractivity contribution in [3.05, 3.63) is 29.8 Å². The molecular formula is C13H20ClNO2. The van der Waals surface area contributed by atoms with Crippen LogP contribution >= 0.6 is 11.6 Å². The Hall–Kier alpha value is -0.770. The van der Waals surface area contributed by atoms with Crippen molar-refractivity contribution in [1.29, 1.82) is 0 Å². The Morgan fingerprint density at radius 1 is 1.18 bits per heavy atom. The van der Waals surface area contributed by atoms with Crippen LogP contribution in [0.4, 0.5) is 5.69 Å². The molecule has 0 spiro atoms. The van der Waals surface area contributed by atoms with E-state index in [-0.39, 0.29) is 0 Å². The molecule has 1 N–H and O–H groups in total. The minimum absolute atomic E-state index is 0.535. The molecule has 0 saturated carbocycles. The molecule has 0 unspecified atom stereocenters. The number of nitrogens with one attached hydrogen (secondary N) is 1. The van der Waals surface area contributed by atoms with E-state index in [1.165, 1.54) is 0 Å². The van der Waals surface area contributed by atoms with Gasteiger partial charge in [0.1, 0.15) is 0 Å². The van der Waals surface area contributed by atoms with Crippen molar-refractivity contribution in [3.8, 4) is 0 Å². The highest BCUT2D eigenvalue weighted by molar-refractivity contribution is 6.17. The summed E-state index contributed by atoms with van der Waals surface area (Å²) in [6.45, 7) is 2.96. The highest BCUT2D eigenvalue weighted by atomic mass is 35.5. The number of methoxy groups -OCH3 is 1. The van der Waals surface area contributed by atoms with Crippen LogP contribution in [-0.4, -0.2) is 33.5 Å². The summed E-state index contributed by atoms with van der Waals surface area (Å²) in [5.41, 5.74) is 2.24. The predicted octanol–water partition coefficient (Wildman–Crippen LogP) is 2.89. The molecule has 0 amide bonds. The molecule has 1 aromatic rings. The number of hydrogen-bond donors (Lipinski definition) is 1. The quantitative estimate of drug-likeness (QED) is 0.545. The van der Waals surface area contributed by atoms with E-state index in [4.69, 9.17) is 21.1 Å². The normalized spacial score (nSPS) is 10.5. The van der Waals surface area contributed by atoms with Crippen LogP contribution in [-0.2, 0) is 15.4 Å². The average Bonchev–Trinajstić information content (AvgIpc) is 2.38. The summed E-state index contributed by atoms with van der Waals surface area (Å²) in [6.07, 6.45) is 0.973. The van der Waals surface area contributed by atoms with E-state index in [1.54, 1.807) is 7.11 Å². The number of hydrogen-bond acceptors (Lipinski definition) is 3. The Balaban J connectivity index is 2.13. The van der Waals surface area contributed by atoms with Gasteiger partial charge in [-0.2, -0.15) is 0 Å². The van der Waals surface area contributed by atoms with Crippen molar-refractivity contribution in [2.75, 3.05) is 38.8 Å². The lowest BCUT2D eigenvalue weighted by Crippen LogP contribution is -2.09. The zero-order chi connectivity index (χ0) is 12.3. The van der Waals surface area contributed by atoms with Crippen molar-refractivity contribution >= 4 is 17.3 Å². The number of ether oxygens (including phenoxy) is 2. The highest BCUT2D eigenvalue weighted by Crippen LogP contribution is 2.16. The van der Waals surface area contributed by atoms with E-state index in [0.29, 0.717) is 19.1 Å². The van der Waals surface area contributed by atoms with E-state index < -0.39 is 0 Å². The van der Waals surface area contributed by atoms with Gasteiger partial charge in [-0.05, 0) is 18.1 Å². The standard InChI is InChI=1S/C13H20ClNO2/c1-16-9-10-17-8-4-7-15-13-6-3-2-5-12(13)11-14/h2-3,5-6,15H,4,7-11H2,1H3. The topological polar surface area (TPSA) is 30.5 Å². The molecule has 1 rings (SSSR count). The van der Waals surface area contributed by atoms with Crippen LogP contribution < -0.4 is 5.32 Å². The largest absolute Gasteiger partial charge is 0.385 e. The molecule has 0 saturated heterocycles. The minimum Gasteiger partial charge on any atom is -0.385 e. The molecular weight excluding hydrogens is 238 g/mol. The molecule has 0 aliphatic rings. The number of benzene rings is 1. The average molecular weight is 258 g/mol.